The molecule has 0 unspecified atom stereocenters. The second-order valence-electron chi connectivity index (χ2n) is 7.64. The van der Waals surface area contributed by atoms with Crippen molar-refractivity contribution in [3.05, 3.63) is 71.8 Å². The number of rotatable bonds is 7. The van der Waals surface area contributed by atoms with Gasteiger partial charge in [-0.15, -0.1) is 0 Å². The van der Waals surface area contributed by atoms with Crippen molar-refractivity contribution in [1.82, 2.24) is 20.4 Å². The molecule has 2 N–H and O–H groups in total. The number of likely N-dealkylation sites (N-methyl/N-ethyl adjacent to an activating group) is 1. The standard InChI is InChI=1S/C22H24N4O3/c1-25(14-19(27)23-18-12-13-18)15-26-20(28)22(24-21(26)29,16-8-4-2-5-9-16)17-10-6-3-7-11-17/h2-11,18H,12-15H2,1H3,(H,23,27)(H,24,29). The highest BCUT2D eigenvalue weighted by Crippen LogP contribution is 2.35. The number of urea groups is 1. The van der Waals surface area contributed by atoms with Crippen LogP contribution >= 0.6 is 0 Å². The molecule has 0 atom stereocenters. The molecule has 29 heavy (non-hydrogen) atoms. The highest BCUT2D eigenvalue weighted by atomic mass is 16.2. The molecule has 7 nitrogen and oxygen atoms in total. The average Bonchev–Trinajstić information content (AvgIpc) is 3.50. The van der Waals surface area contributed by atoms with Crippen LogP contribution in [0.5, 0.6) is 0 Å². The van der Waals surface area contributed by atoms with Crippen LogP contribution in [0.4, 0.5) is 4.79 Å². The summed E-state index contributed by atoms with van der Waals surface area (Å²) in [5.41, 5.74) is 0.110. The van der Waals surface area contributed by atoms with Crippen molar-refractivity contribution >= 4 is 17.8 Å². The fourth-order valence-corrected chi connectivity index (χ4v) is 3.68. The molecule has 2 aromatic carbocycles. The van der Waals surface area contributed by atoms with Crippen molar-refractivity contribution in [2.24, 2.45) is 0 Å². The molecule has 4 rings (SSSR count). The summed E-state index contributed by atoms with van der Waals surface area (Å²) in [4.78, 5) is 41.3. The van der Waals surface area contributed by atoms with Crippen molar-refractivity contribution in [2.75, 3.05) is 20.3 Å². The Morgan fingerprint density at radius 1 is 1.07 bits per heavy atom. The largest absolute Gasteiger partial charge is 0.352 e. The van der Waals surface area contributed by atoms with Gasteiger partial charge in [-0.2, -0.15) is 0 Å². The Morgan fingerprint density at radius 3 is 2.14 bits per heavy atom. The molecule has 150 valence electrons. The summed E-state index contributed by atoms with van der Waals surface area (Å²) >= 11 is 0. The molecule has 0 spiro atoms. The molecule has 1 aliphatic heterocycles. The highest BCUT2D eigenvalue weighted by molar-refractivity contribution is 6.09. The van der Waals surface area contributed by atoms with Gasteiger partial charge in [-0.3, -0.25) is 14.5 Å². The van der Waals surface area contributed by atoms with Gasteiger partial charge in [-0.05, 0) is 31.0 Å². The van der Waals surface area contributed by atoms with Gasteiger partial charge in [0.05, 0.1) is 13.2 Å². The van der Waals surface area contributed by atoms with E-state index < -0.39 is 11.6 Å². The molecule has 4 amide bonds. The van der Waals surface area contributed by atoms with E-state index in [-0.39, 0.29) is 31.1 Å². The Kier molecular flexibility index (Phi) is 5.07. The van der Waals surface area contributed by atoms with E-state index in [4.69, 9.17) is 0 Å². The third-order valence-corrected chi connectivity index (χ3v) is 5.26. The molecular formula is C22H24N4O3. The van der Waals surface area contributed by atoms with Crippen molar-refractivity contribution in [2.45, 2.75) is 24.4 Å². The summed E-state index contributed by atoms with van der Waals surface area (Å²) in [5, 5.41) is 5.83. The number of nitrogens with zero attached hydrogens (tertiary/aromatic N) is 2. The van der Waals surface area contributed by atoms with Gasteiger partial charge in [0.15, 0.2) is 5.54 Å². The molecule has 1 heterocycles. The number of carbonyl (C=O) groups excluding carboxylic acids is 3. The van der Waals surface area contributed by atoms with E-state index in [1.807, 2.05) is 60.7 Å². The SMILES string of the molecule is CN(CC(=O)NC1CC1)CN1C(=O)NC(c2ccccc2)(c2ccccc2)C1=O. The maximum atomic E-state index is 13.6. The minimum atomic E-state index is -1.28. The first-order valence-corrected chi connectivity index (χ1v) is 9.74. The van der Waals surface area contributed by atoms with Crippen LogP contribution in [0.25, 0.3) is 0 Å². The van der Waals surface area contributed by atoms with Gasteiger partial charge in [0.2, 0.25) is 5.91 Å². The number of nitrogens with one attached hydrogen (secondary N) is 2. The topological polar surface area (TPSA) is 81.8 Å². The van der Waals surface area contributed by atoms with Crippen molar-refractivity contribution in [3.8, 4) is 0 Å². The van der Waals surface area contributed by atoms with E-state index in [9.17, 15) is 14.4 Å². The van der Waals surface area contributed by atoms with Crippen LogP contribution in [0.15, 0.2) is 60.7 Å². The quantitative estimate of drug-likeness (QED) is 0.702. The molecular weight excluding hydrogens is 368 g/mol. The van der Waals surface area contributed by atoms with Gasteiger partial charge in [0, 0.05) is 6.04 Å². The predicted octanol–water partition coefficient (Wildman–Crippen LogP) is 1.65. The second-order valence-corrected chi connectivity index (χ2v) is 7.64. The zero-order valence-electron chi connectivity index (χ0n) is 16.3. The van der Waals surface area contributed by atoms with Gasteiger partial charge < -0.3 is 10.6 Å². The number of imide groups is 1. The molecule has 1 aliphatic carbocycles. The van der Waals surface area contributed by atoms with Crippen LogP contribution in [0.3, 0.4) is 0 Å². The fraction of sp³-hybridized carbons (Fsp3) is 0.318. The van der Waals surface area contributed by atoms with Gasteiger partial charge in [-0.1, -0.05) is 60.7 Å². The summed E-state index contributed by atoms with van der Waals surface area (Å²) in [6.45, 7) is 0.154. The summed E-state index contributed by atoms with van der Waals surface area (Å²) in [5.74, 6) is -0.450. The van der Waals surface area contributed by atoms with Crippen molar-refractivity contribution in [3.63, 3.8) is 0 Å². The predicted molar refractivity (Wildman–Crippen MR) is 108 cm³/mol. The van der Waals surface area contributed by atoms with Crippen LogP contribution in [-0.4, -0.2) is 53.9 Å². The van der Waals surface area contributed by atoms with E-state index >= 15 is 0 Å². The van der Waals surface area contributed by atoms with Crippen LogP contribution in [0.2, 0.25) is 0 Å². The smallest absolute Gasteiger partial charge is 0.326 e. The number of amides is 4. The Morgan fingerprint density at radius 2 is 1.62 bits per heavy atom. The Hall–Kier alpha value is -3.19. The van der Waals surface area contributed by atoms with Crippen molar-refractivity contribution in [1.29, 1.82) is 0 Å². The molecule has 2 aliphatic rings. The van der Waals surface area contributed by atoms with E-state index in [1.165, 1.54) is 4.90 Å². The minimum Gasteiger partial charge on any atom is -0.352 e. The summed E-state index contributed by atoms with van der Waals surface area (Å²) in [6, 6.07) is 18.3. The first kappa shape index (κ1) is 19.1. The highest BCUT2D eigenvalue weighted by Gasteiger charge is 2.53. The number of hydrogen-bond acceptors (Lipinski definition) is 4. The number of benzene rings is 2. The zero-order valence-corrected chi connectivity index (χ0v) is 16.3. The molecule has 1 saturated heterocycles. The third-order valence-electron chi connectivity index (χ3n) is 5.26. The lowest BCUT2D eigenvalue weighted by atomic mass is 9.83. The molecule has 0 aromatic heterocycles. The maximum Gasteiger partial charge on any atom is 0.326 e. The molecule has 0 radical (unpaired) electrons. The van der Waals surface area contributed by atoms with Crippen LogP contribution < -0.4 is 10.6 Å². The Balaban J connectivity index is 1.59. The lowest BCUT2D eigenvalue weighted by molar-refractivity contribution is -0.132. The number of hydrogen-bond donors (Lipinski definition) is 2. The van der Waals surface area contributed by atoms with Gasteiger partial charge >= 0.3 is 6.03 Å². The lowest BCUT2D eigenvalue weighted by Crippen LogP contribution is -2.47. The van der Waals surface area contributed by atoms with Gasteiger partial charge in [-0.25, -0.2) is 9.69 Å². The molecule has 1 saturated carbocycles. The zero-order chi connectivity index (χ0) is 20.4. The first-order valence-electron chi connectivity index (χ1n) is 9.74. The van der Waals surface area contributed by atoms with Crippen molar-refractivity contribution < 1.29 is 14.4 Å². The Bertz CT molecular complexity index is 873. The minimum absolute atomic E-state index is 0.0319. The van der Waals surface area contributed by atoms with E-state index in [2.05, 4.69) is 10.6 Å². The van der Waals surface area contributed by atoms with Gasteiger partial charge in [0.1, 0.15) is 0 Å². The molecule has 2 aromatic rings. The van der Waals surface area contributed by atoms with E-state index in [0.717, 1.165) is 12.8 Å². The maximum absolute atomic E-state index is 13.6. The number of carbonyl (C=O) groups is 3. The normalized spacial score (nSPS) is 18.1. The average molecular weight is 392 g/mol. The van der Waals surface area contributed by atoms with E-state index in [1.54, 1.807) is 11.9 Å². The molecule has 7 heteroatoms. The van der Waals surface area contributed by atoms with Crippen LogP contribution in [0.1, 0.15) is 24.0 Å². The van der Waals surface area contributed by atoms with Crippen LogP contribution in [0, 0.1) is 0 Å². The van der Waals surface area contributed by atoms with Crippen LogP contribution in [-0.2, 0) is 15.1 Å². The molecule has 2 fully saturated rings. The Labute approximate surface area is 169 Å². The molecule has 0 bridgehead atoms. The summed E-state index contributed by atoms with van der Waals surface area (Å²) in [7, 11) is 1.72. The first-order chi connectivity index (χ1) is 14.0. The van der Waals surface area contributed by atoms with E-state index in [0.29, 0.717) is 11.1 Å². The third kappa shape index (κ3) is 3.73. The lowest BCUT2D eigenvalue weighted by Gasteiger charge is -2.28. The summed E-state index contributed by atoms with van der Waals surface area (Å²) < 4.78 is 0. The fourth-order valence-electron chi connectivity index (χ4n) is 3.68. The monoisotopic (exact) mass is 392 g/mol. The second kappa shape index (κ2) is 7.67. The van der Waals surface area contributed by atoms with Gasteiger partial charge in [0.25, 0.3) is 5.91 Å². The summed E-state index contributed by atoms with van der Waals surface area (Å²) in [6.07, 6.45) is 2.03.